The fraction of sp³-hybridized carbons (Fsp3) is 0.857. The number of aliphatic carboxylic acids is 1. The van der Waals surface area contributed by atoms with Crippen molar-refractivity contribution in [3.8, 4) is 0 Å². The Kier molecular flexibility index (Phi) is 3.21. The molecule has 0 saturated carbocycles. The number of hydrogen-bond donors (Lipinski definition) is 4. The van der Waals surface area contributed by atoms with Gasteiger partial charge < -0.3 is 25.8 Å². The lowest BCUT2D eigenvalue weighted by Crippen LogP contribution is -2.53. The van der Waals surface area contributed by atoms with Crippen LogP contribution in [0.3, 0.4) is 0 Å². The van der Waals surface area contributed by atoms with Crippen molar-refractivity contribution in [3.63, 3.8) is 0 Å². The standard InChI is InChI=1S/C7H13NO5/c8-2-5-6(10)3(9)1-4(13-5)7(11)12/h3-6,9-10H,1-2,8H2,(H,11,12)/t3-,4-,5-,6?/m0/s1. The first-order chi connectivity index (χ1) is 6.06. The van der Waals surface area contributed by atoms with Gasteiger partial charge >= 0.3 is 5.97 Å². The smallest absolute Gasteiger partial charge is 0.332 e. The largest absolute Gasteiger partial charge is 0.479 e. The molecule has 13 heavy (non-hydrogen) atoms. The zero-order chi connectivity index (χ0) is 10.0. The molecular weight excluding hydrogens is 178 g/mol. The minimum Gasteiger partial charge on any atom is -0.479 e. The second-order valence-corrected chi connectivity index (χ2v) is 3.03. The fourth-order valence-corrected chi connectivity index (χ4v) is 1.31. The van der Waals surface area contributed by atoms with Gasteiger partial charge in [0.1, 0.15) is 6.10 Å². The summed E-state index contributed by atoms with van der Waals surface area (Å²) in [5.41, 5.74) is 5.23. The van der Waals surface area contributed by atoms with Crippen LogP contribution in [0.4, 0.5) is 0 Å². The third kappa shape index (κ3) is 2.16. The van der Waals surface area contributed by atoms with Crippen molar-refractivity contribution in [3.05, 3.63) is 0 Å². The van der Waals surface area contributed by atoms with Gasteiger partial charge in [0.05, 0.1) is 12.2 Å². The zero-order valence-corrected chi connectivity index (χ0v) is 6.96. The third-order valence-electron chi connectivity index (χ3n) is 2.08. The van der Waals surface area contributed by atoms with E-state index in [2.05, 4.69) is 0 Å². The Bertz CT molecular complexity index is 197. The molecule has 4 atom stereocenters. The van der Waals surface area contributed by atoms with Crippen molar-refractivity contribution >= 4 is 5.97 Å². The topological polar surface area (TPSA) is 113 Å². The summed E-state index contributed by atoms with van der Waals surface area (Å²) < 4.78 is 4.95. The first-order valence-electron chi connectivity index (χ1n) is 4.00. The molecule has 0 amide bonds. The maximum Gasteiger partial charge on any atom is 0.332 e. The average molecular weight is 191 g/mol. The minimum atomic E-state index is -1.15. The number of carbonyl (C=O) groups is 1. The van der Waals surface area contributed by atoms with Gasteiger partial charge in [-0.15, -0.1) is 0 Å². The molecule has 0 aromatic carbocycles. The highest BCUT2D eigenvalue weighted by Gasteiger charge is 2.38. The number of ether oxygens (including phenoxy) is 1. The molecule has 1 aliphatic rings. The highest BCUT2D eigenvalue weighted by Crippen LogP contribution is 2.19. The predicted molar refractivity (Wildman–Crippen MR) is 42.0 cm³/mol. The van der Waals surface area contributed by atoms with Gasteiger partial charge in [0.15, 0.2) is 6.10 Å². The van der Waals surface area contributed by atoms with E-state index in [9.17, 15) is 15.0 Å². The van der Waals surface area contributed by atoms with E-state index in [1.165, 1.54) is 0 Å². The molecule has 0 bridgehead atoms. The van der Waals surface area contributed by atoms with Gasteiger partial charge in [-0.2, -0.15) is 0 Å². The van der Waals surface area contributed by atoms with Crippen LogP contribution >= 0.6 is 0 Å². The average Bonchev–Trinajstić information content (AvgIpc) is 2.09. The lowest BCUT2D eigenvalue weighted by molar-refractivity contribution is -0.187. The van der Waals surface area contributed by atoms with E-state index < -0.39 is 30.4 Å². The summed E-state index contributed by atoms with van der Waals surface area (Å²) in [7, 11) is 0. The molecule has 1 fully saturated rings. The van der Waals surface area contributed by atoms with E-state index in [-0.39, 0.29) is 13.0 Å². The highest BCUT2D eigenvalue weighted by molar-refractivity contribution is 5.72. The zero-order valence-electron chi connectivity index (χ0n) is 6.96. The Morgan fingerprint density at radius 3 is 2.62 bits per heavy atom. The van der Waals surface area contributed by atoms with Crippen LogP contribution in [0.2, 0.25) is 0 Å². The van der Waals surface area contributed by atoms with Crippen LogP contribution in [-0.4, -0.2) is 52.2 Å². The molecule has 0 radical (unpaired) electrons. The molecule has 5 N–H and O–H groups in total. The van der Waals surface area contributed by atoms with Gasteiger partial charge in [0.2, 0.25) is 0 Å². The number of hydrogen-bond acceptors (Lipinski definition) is 5. The van der Waals surface area contributed by atoms with E-state index in [1.54, 1.807) is 0 Å². The summed E-state index contributed by atoms with van der Waals surface area (Å²) in [6, 6.07) is 0. The lowest BCUT2D eigenvalue weighted by atomic mass is 9.98. The summed E-state index contributed by atoms with van der Waals surface area (Å²) >= 11 is 0. The molecule has 0 aliphatic carbocycles. The molecule has 0 aromatic heterocycles. The molecule has 6 nitrogen and oxygen atoms in total. The van der Waals surface area contributed by atoms with Gasteiger partial charge in [-0.05, 0) is 0 Å². The Hall–Kier alpha value is -0.690. The molecule has 1 unspecified atom stereocenters. The molecular formula is C7H13NO5. The lowest BCUT2D eigenvalue weighted by Gasteiger charge is -2.34. The van der Waals surface area contributed by atoms with Gasteiger partial charge in [-0.1, -0.05) is 0 Å². The van der Waals surface area contributed by atoms with Crippen LogP contribution < -0.4 is 5.73 Å². The van der Waals surface area contributed by atoms with E-state index in [4.69, 9.17) is 15.6 Å². The molecule has 1 rings (SSSR count). The monoisotopic (exact) mass is 191 g/mol. The van der Waals surface area contributed by atoms with Gasteiger partial charge in [0, 0.05) is 13.0 Å². The number of rotatable bonds is 2. The summed E-state index contributed by atoms with van der Waals surface area (Å²) in [4.78, 5) is 10.5. The van der Waals surface area contributed by atoms with E-state index in [0.29, 0.717) is 0 Å². The SMILES string of the molecule is NC[C@@H]1O[C@H](C(=O)O)C[C@H](O)C1O. The molecule has 1 aliphatic heterocycles. The third-order valence-corrected chi connectivity index (χ3v) is 2.08. The van der Waals surface area contributed by atoms with E-state index in [0.717, 1.165) is 0 Å². The van der Waals surface area contributed by atoms with Crippen molar-refractivity contribution in [2.75, 3.05) is 6.54 Å². The van der Waals surface area contributed by atoms with Gasteiger partial charge in [-0.3, -0.25) is 0 Å². The van der Waals surface area contributed by atoms with Crippen LogP contribution in [0.15, 0.2) is 0 Å². The minimum absolute atomic E-state index is 0.0119. The number of aliphatic hydroxyl groups is 2. The normalized spacial score (nSPS) is 40.2. The summed E-state index contributed by atoms with van der Waals surface area (Å²) in [6.07, 6.45) is -4.16. The van der Waals surface area contributed by atoms with Crippen LogP contribution in [-0.2, 0) is 9.53 Å². The summed E-state index contributed by atoms with van der Waals surface area (Å²) in [5, 5.41) is 27.1. The summed E-state index contributed by atoms with van der Waals surface area (Å²) in [6.45, 7) is -0.0119. The van der Waals surface area contributed by atoms with E-state index >= 15 is 0 Å². The quantitative estimate of drug-likeness (QED) is 0.398. The van der Waals surface area contributed by atoms with Gasteiger partial charge in [0.25, 0.3) is 0 Å². The van der Waals surface area contributed by atoms with Crippen LogP contribution in [0, 0.1) is 0 Å². The molecule has 76 valence electrons. The Morgan fingerprint density at radius 1 is 1.54 bits per heavy atom. The second kappa shape index (κ2) is 4.01. The van der Waals surface area contributed by atoms with E-state index in [1.807, 2.05) is 0 Å². The van der Waals surface area contributed by atoms with Crippen LogP contribution in [0.1, 0.15) is 6.42 Å². The Labute approximate surface area is 74.9 Å². The summed E-state index contributed by atoms with van der Waals surface area (Å²) in [5.74, 6) is -1.15. The maximum atomic E-state index is 10.5. The number of aliphatic hydroxyl groups excluding tert-OH is 2. The molecule has 1 heterocycles. The maximum absolute atomic E-state index is 10.5. The molecule has 1 saturated heterocycles. The second-order valence-electron chi connectivity index (χ2n) is 3.03. The first kappa shape index (κ1) is 10.4. The number of carboxylic acids is 1. The molecule has 0 spiro atoms. The van der Waals surface area contributed by atoms with Crippen molar-refractivity contribution in [2.24, 2.45) is 5.73 Å². The number of nitrogens with two attached hydrogens (primary N) is 1. The van der Waals surface area contributed by atoms with Crippen LogP contribution in [0.25, 0.3) is 0 Å². The fourth-order valence-electron chi connectivity index (χ4n) is 1.31. The Balaban J connectivity index is 2.63. The number of carboxylic acid groups (broad SMARTS) is 1. The Morgan fingerprint density at radius 2 is 2.15 bits per heavy atom. The highest BCUT2D eigenvalue weighted by atomic mass is 16.5. The first-order valence-corrected chi connectivity index (χ1v) is 4.00. The molecule has 0 aromatic rings. The molecule has 6 heteroatoms. The van der Waals surface area contributed by atoms with Crippen LogP contribution in [0.5, 0.6) is 0 Å². The van der Waals surface area contributed by atoms with Crippen molar-refractivity contribution in [1.29, 1.82) is 0 Å². The predicted octanol–water partition coefficient (Wildman–Crippen LogP) is -2.09. The van der Waals surface area contributed by atoms with Crippen molar-refractivity contribution in [2.45, 2.75) is 30.8 Å². The van der Waals surface area contributed by atoms with Gasteiger partial charge in [-0.25, -0.2) is 4.79 Å². The van der Waals surface area contributed by atoms with Crippen molar-refractivity contribution < 1.29 is 24.9 Å². The van der Waals surface area contributed by atoms with Crippen molar-refractivity contribution in [1.82, 2.24) is 0 Å².